The van der Waals surface area contributed by atoms with Gasteiger partial charge in [0, 0.05) is 16.9 Å². The molecule has 2 aromatic rings. The van der Waals surface area contributed by atoms with E-state index < -0.39 is 0 Å². The van der Waals surface area contributed by atoms with Crippen LogP contribution in [0.25, 0.3) is 5.69 Å². The molecule has 0 amide bonds. The summed E-state index contributed by atoms with van der Waals surface area (Å²) in [6.45, 7) is 13.9. The van der Waals surface area contributed by atoms with Gasteiger partial charge in [-0.25, -0.2) is 0 Å². The standard InChI is InChI=1S/C18H25N2/c1-12-8-9-14-16(13(12)2)20-15(10-11-19(20)7)18(5,6)17(14,3)4/h8-11H,1-7H3/q+1. The van der Waals surface area contributed by atoms with Crippen LogP contribution in [0.2, 0.25) is 0 Å². The molecule has 20 heavy (non-hydrogen) atoms. The van der Waals surface area contributed by atoms with Crippen molar-refractivity contribution in [3.05, 3.63) is 46.8 Å². The second-order valence-corrected chi connectivity index (χ2v) is 7.24. The van der Waals surface area contributed by atoms with E-state index in [2.05, 4.69) is 82.3 Å². The maximum Gasteiger partial charge on any atom is 0.196 e. The summed E-state index contributed by atoms with van der Waals surface area (Å²) in [5.74, 6) is 0. The van der Waals surface area contributed by atoms with E-state index >= 15 is 0 Å². The van der Waals surface area contributed by atoms with Gasteiger partial charge in [0.25, 0.3) is 0 Å². The van der Waals surface area contributed by atoms with E-state index in [-0.39, 0.29) is 10.8 Å². The number of aromatic nitrogens is 2. The van der Waals surface area contributed by atoms with E-state index in [9.17, 15) is 0 Å². The van der Waals surface area contributed by atoms with Gasteiger partial charge in [-0.1, -0.05) is 39.8 Å². The summed E-state index contributed by atoms with van der Waals surface area (Å²) < 4.78 is 4.60. The lowest BCUT2D eigenvalue weighted by atomic mass is 9.60. The van der Waals surface area contributed by atoms with Gasteiger partial charge in [-0.2, -0.15) is 0 Å². The maximum absolute atomic E-state index is 2.39. The van der Waals surface area contributed by atoms with Crippen LogP contribution < -0.4 is 4.68 Å². The number of fused-ring (bicyclic) bond motifs is 3. The predicted molar refractivity (Wildman–Crippen MR) is 82.5 cm³/mol. The molecule has 2 heterocycles. The molecule has 0 aliphatic carbocycles. The van der Waals surface area contributed by atoms with Crippen molar-refractivity contribution < 1.29 is 4.68 Å². The topological polar surface area (TPSA) is 8.81 Å². The average molecular weight is 269 g/mol. The van der Waals surface area contributed by atoms with E-state index in [1.54, 1.807) is 0 Å². The molecule has 0 atom stereocenters. The molecule has 0 fully saturated rings. The monoisotopic (exact) mass is 269 g/mol. The molecule has 0 bridgehead atoms. The fourth-order valence-electron chi connectivity index (χ4n) is 3.47. The maximum atomic E-state index is 2.39. The van der Waals surface area contributed by atoms with Crippen LogP contribution >= 0.6 is 0 Å². The first-order valence-electron chi connectivity index (χ1n) is 7.39. The quantitative estimate of drug-likeness (QED) is 0.647. The lowest BCUT2D eigenvalue weighted by molar-refractivity contribution is -0.745. The minimum absolute atomic E-state index is 0.100. The zero-order valence-corrected chi connectivity index (χ0v) is 13.7. The molecule has 0 radical (unpaired) electrons. The largest absolute Gasteiger partial charge is 0.196 e. The van der Waals surface area contributed by atoms with Crippen molar-refractivity contribution in [2.24, 2.45) is 7.05 Å². The second-order valence-electron chi connectivity index (χ2n) is 7.24. The Bertz CT molecular complexity index is 702. The van der Waals surface area contributed by atoms with Gasteiger partial charge < -0.3 is 0 Å². The summed E-state index contributed by atoms with van der Waals surface area (Å²) in [5.41, 5.74) is 7.18. The van der Waals surface area contributed by atoms with Crippen LogP contribution in [0.4, 0.5) is 0 Å². The number of aryl methyl sites for hydroxylation is 2. The van der Waals surface area contributed by atoms with Crippen molar-refractivity contribution in [1.82, 2.24) is 4.68 Å². The Kier molecular flexibility index (Phi) is 2.51. The molecule has 0 saturated carbocycles. The molecule has 1 aromatic heterocycles. The highest BCUT2D eigenvalue weighted by atomic mass is 15.4. The van der Waals surface area contributed by atoms with Crippen LogP contribution in [-0.2, 0) is 17.9 Å². The number of benzene rings is 1. The Hall–Kier alpha value is -1.57. The molecule has 2 nitrogen and oxygen atoms in total. The third-order valence-electron chi connectivity index (χ3n) is 5.78. The van der Waals surface area contributed by atoms with E-state index in [0.29, 0.717) is 0 Å². The van der Waals surface area contributed by atoms with Crippen LogP contribution in [0, 0.1) is 13.8 Å². The molecule has 0 unspecified atom stereocenters. The van der Waals surface area contributed by atoms with Gasteiger partial charge in [0.1, 0.15) is 5.69 Å². The summed E-state index contributed by atoms with van der Waals surface area (Å²) in [7, 11) is 2.13. The minimum atomic E-state index is 0.100. The van der Waals surface area contributed by atoms with E-state index in [1.165, 1.54) is 28.1 Å². The molecule has 0 spiro atoms. The summed E-state index contributed by atoms with van der Waals surface area (Å²) in [4.78, 5) is 0. The molecule has 0 saturated heterocycles. The van der Waals surface area contributed by atoms with Crippen molar-refractivity contribution in [2.45, 2.75) is 52.4 Å². The van der Waals surface area contributed by atoms with Crippen molar-refractivity contribution in [2.75, 3.05) is 0 Å². The molecule has 1 aliphatic rings. The normalized spacial score (nSPS) is 18.6. The van der Waals surface area contributed by atoms with Crippen molar-refractivity contribution in [1.29, 1.82) is 0 Å². The number of hydrogen-bond acceptors (Lipinski definition) is 0. The molecular formula is C18H25N2+. The van der Waals surface area contributed by atoms with Gasteiger partial charge in [0.15, 0.2) is 13.2 Å². The third kappa shape index (κ3) is 1.37. The van der Waals surface area contributed by atoms with Crippen LogP contribution in [0.15, 0.2) is 24.4 Å². The lowest BCUT2D eigenvalue weighted by Gasteiger charge is -2.46. The Morgan fingerprint density at radius 3 is 2.25 bits per heavy atom. The number of rotatable bonds is 0. The summed E-state index contributed by atoms with van der Waals surface area (Å²) in [6, 6.07) is 6.86. The van der Waals surface area contributed by atoms with E-state index in [4.69, 9.17) is 0 Å². The molecule has 1 aromatic carbocycles. The predicted octanol–water partition coefficient (Wildman–Crippen LogP) is 3.49. The molecule has 106 valence electrons. The smallest absolute Gasteiger partial charge is 0.124 e. The Balaban J connectivity index is 2.51. The SMILES string of the molecule is Cc1ccc2c(c1C)-n1c(cc[n+]1C)C(C)(C)C2(C)C. The number of nitrogens with zero attached hydrogens (tertiary/aromatic N) is 2. The highest BCUT2D eigenvalue weighted by Crippen LogP contribution is 2.50. The van der Waals surface area contributed by atoms with Gasteiger partial charge in [-0.05, 0) is 30.5 Å². The van der Waals surface area contributed by atoms with Crippen LogP contribution in [0.5, 0.6) is 0 Å². The minimum Gasteiger partial charge on any atom is -0.124 e. The summed E-state index contributed by atoms with van der Waals surface area (Å²) in [5, 5.41) is 0. The third-order valence-corrected chi connectivity index (χ3v) is 5.78. The molecular weight excluding hydrogens is 244 g/mol. The number of hydrogen-bond donors (Lipinski definition) is 0. The Morgan fingerprint density at radius 2 is 1.60 bits per heavy atom. The Labute approximate surface area is 122 Å². The average Bonchev–Trinajstić information content (AvgIpc) is 2.73. The summed E-state index contributed by atoms with van der Waals surface area (Å²) in [6.07, 6.45) is 2.17. The van der Waals surface area contributed by atoms with E-state index in [1.807, 2.05) is 0 Å². The zero-order chi connectivity index (χ0) is 14.9. The molecule has 3 rings (SSSR count). The zero-order valence-electron chi connectivity index (χ0n) is 13.7. The van der Waals surface area contributed by atoms with Gasteiger partial charge in [-0.15, -0.1) is 9.36 Å². The van der Waals surface area contributed by atoms with E-state index in [0.717, 1.165) is 0 Å². The van der Waals surface area contributed by atoms with Crippen LogP contribution in [0.1, 0.15) is 50.1 Å². The molecule has 0 N–H and O–H groups in total. The fraction of sp³-hybridized carbons (Fsp3) is 0.500. The summed E-state index contributed by atoms with van der Waals surface area (Å²) >= 11 is 0. The highest BCUT2D eigenvalue weighted by Gasteiger charge is 2.49. The van der Waals surface area contributed by atoms with Gasteiger partial charge in [-0.3, -0.25) is 0 Å². The highest BCUT2D eigenvalue weighted by molar-refractivity contribution is 5.58. The second kappa shape index (κ2) is 3.75. The van der Waals surface area contributed by atoms with Crippen molar-refractivity contribution in [3.63, 3.8) is 0 Å². The lowest BCUT2D eigenvalue weighted by Crippen LogP contribution is -2.51. The molecule has 1 aliphatic heterocycles. The van der Waals surface area contributed by atoms with Gasteiger partial charge in [0.05, 0.1) is 5.69 Å². The first kappa shape index (κ1) is 13.4. The molecule has 2 heteroatoms. The van der Waals surface area contributed by atoms with Crippen LogP contribution in [-0.4, -0.2) is 4.68 Å². The van der Waals surface area contributed by atoms with Gasteiger partial charge >= 0.3 is 0 Å². The fourth-order valence-corrected chi connectivity index (χ4v) is 3.47. The van der Waals surface area contributed by atoms with Gasteiger partial charge in [0.2, 0.25) is 0 Å². The first-order valence-corrected chi connectivity index (χ1v) is 7.39. The van der Waals surface area contributed by atoms with Crippen molar-refractivity contribution >= 4 is 0 Å². The van der Waals surface area contributed by atoms with Crippen molar-refractivity contribution in [3.8, 4) is 5.69 Å². The van der Waals surface area contributed by atoms with Crippen LogP contribution in [0.3, 0.4) is 0 Å². The Morgan fingerprint density at radius 1 is 0.950 bits per heavy atom. The first-order chi connectivity index (χ1) is 9.19.